The third-order valence-electron chi connectivity index (χ3n) is 6.45. The first-order chi connectivity index (χ1) is 16.7. The number of hydrogen-bond donors (Lipinski definition) is 2. The van der Waals surface area contributed by atoms with Gasteiger partial charge in [-0.3, -0.25) is 14.4 Å². The minimum absolute atomic E-state index is 0.0623. The van der Waals surface area contributed by atoms with Gasteiger partial charge in [0, 0.05) is 30.7 Å². The molecular weight excluding hydrogens is 462 g/mol. The van der Waals surface area contributed by atoms with E-state index in [-0.39, 0.29) is 16.3 Å². The van der Waals surface area contributed by atoms with Crippen molar-refractivity contribution in [2.75, 3.05) is 24.9 Å². The summed E-state index contributed by atoms with van der Waals surface area (Å²) >= 11 is 0. The molecule has 1 heterocycles. The molecule has 4 rings (SSSR count). The van der Waals surface area contributed by atoms with E-state index in [1.807, 2.05) is 0 Å². The molecule has 0 saturated heterocycles. The topological polar surface area (TPSA) is 87.7 Å². The van der Waals surface area contributed by atoms with Gasteiger partial charge in [0.15, 0.2) is 0 Å². The fourth-order valence-corrected chi connectivity index (χ4v) is 5.31. The van der Waals surface area contributed by atoms with Crippen LogP contribution in [0, 0.1) is 0 Å². The third-order valence-corrected chi connectivity index (χ3v) is 7.83. The van der Waals surface area contributed by atoms with E-state index in [0.717, 1.165) is 19.5 Å². The van der Waals surface area contributed by atoms with Crippen LogP contribution < -0.4 is 14.8 Å². The summed E-state index contributed by atoms with van der Waals surface area (Å²) in [5, 5.41) is 3.01. The average molecular weight is 494 g/mol. The van der Waals surface area contributed by atoms with E-state index < -0.39 is 10.0 Å². The Bertz CT molecular complexity index is 1300. The molecule has 184 valence electrons. The maximum absolute atomic E-state index is 12.8. The summed E-state index contributed by atoms with van der Waals surface area (Å²) in [5.41, 5.74) is 3.24. The summed E-state index contributed by atoms with van der Waals surface area (Å²) in [6, 6.07) is 21.2. The Kier molecular flexibility index (Phi) is 7.14. The Labute approximate surface area is 207 Å². The zero-order valence-electron chi connectivity index (χ0n) is 20.2. The molecule has 0 aromatic heterocycles. The first kappa shape index (κ1) is 24.8. The molecule has 0 atom stereocenters. The van der Waals surface area contributed by atoms with E-state index in [2.05, 4.69) is 53.1 Å². The number of benzene rings is 3. The van der Waals surface area contributed by atoms with E-state index >= 15 is 0 Å². The Morgan fingerprint density at radius 3 is 2.34 bits per heavy atom. The van der Waals surface area contributed by atoms with Gasteiger partial charge in [0.1, 0.15) is 5.75 Å². The number of methoxy groups -OCH3 is 1. The van der Waals surface area contributed by atoms with Crippen molar-refractivity contribution in [3.05, 3.63) is 89.5 Å². The number of nitrogens with zero attached hydrogens (tertiary/aromatic N) is 1. The van der Waals surface area contributed by atoms with Crippen molar-refractivity contribution >= 4 is 21.6 Å². The van der Waals surface area contributed by atoms with Gasteiger partial charge in [-0.05, 0) is 67.8 Å². The van der Waals surface area contributed by atoms with Crippen LogP contribution in [0.3, 0.4) is 0 Å². The zero-order chi connectivity index (χ0) is 25.1. The molecule has 0 radical (unpaired) electrons. The first-order valence-corrected chi connectivity index (χ1v) is 13.0. The minimum atomic E-state index is -3.83. The number of ether oxygens (including phenoxy) is 1. The molecule has 1 amide bonds. The highest BCUT2D eigenvalue weighted by molar-refractivity contribution is 7.92. The van der Waals surface area contributed by atoms with Gasteiger partial charge < -0.3 is 10.1 Å². The van der Waals surface area contributed by atoms with Gasteiger partial charge in [0.05, 0.1) is 17.7 Å². The number of hydrogen-bond acceptors (Lipinski definition) is 5. The molecule has 0 aliphatic carbocycles. The Balaban J connectivity index is 1.38. The number of sulfonamides is 1. The number of anilines is 1. The van der Waals surface area contributed by atoms with Crippen LogP contribution in [0.4, 0.5) is 5.69 Å². The zero-order valence-corrected chi connectivity index (χ0v) is 21.1. The number of rotatable bonds is 8. The molecule has 0 saturated carbocycles. The maximum Gasteiger partial charge on any atom is 0.262 e. The summed E-state index contributed by atoms with van der Waals surface area (Å²) in [4.78, 5) is 15.2. The second-order valence-electron chi connectivity index (χ2n) is 9.27. The van der Waals surface area contributed by atoms with Crippen molar-refractivity contribution in [3.63, 3.8) is 0 Å². The Morgan fingerprint density at radius 1 is 0.971 bits per heavy atom. The Hall–Kier alpha value is -3.36. The van der Waals surface area contributed by atoms with Crippen LogP contribution in [0.5, 0.6) is 5.75 Å². The lowest BCUT2D eigenvalue weighted by atomic mass is 9.94. The third kappa shape index (κ3) is 5.66. The van der Waals surface area contributed by atoms with Gasteiger partial charge in [0.25, 0.3) is 15.9 Å². The van der Waals surface area contributed by atoms with Crippen LogP contribution >= 0.6 is 0 Å². The average Bonchev–Trinajstić information content (AvgIpc) is 2.87. The molecule has 1 aliphatic heterocycles. The number of nitrogens with one attached hydrogen (secondary N) is 2. The van der Waals surface area contributed by atoms with Crippen molar-refractivity contribution in [1.29, 1.82) is 0 Å². The summed E-state index contributed by atoms with van der Waals surface area (Å²) in [6.07, 6.45) is 0.992. The minimum Gasteiger partial charge on any atom is -0.495 e. The van der Waals surface area contributed by atoms with Gasteiger partial charge in [-0.1, -0.05) is 36.4 Å². The molecule has 3 aromatic carbocycles. The van der Waals surface area contributed by atoms with Crippen molar-refractivity contribution < 1.29 is 17.9 Å². The van der Waals surface area contributed by atoms with Crippen molar-refractivity contribution in [3.8, 4) is 5.75 Å². The smallest absolute Gasteiger partial charge is 0.262 e. The van der Waals surface area contributed by atoms with Gasteiger partial charge in [-0.2, -0.15) is 0 Å². The van der Waals surface area contributed by atoms with Crippen LogP contribution in [0.15, 0.2) is 77.7 Å². The summed E-state index contributed by atoms with van der Waals surface area (Å²) in [6.45, 7) is 6.51. The van der Waals surface area contributed by atoms with Crippen LogP contribution in [0.1, 0.15) is 35.3 Å². The molecule has 0 fully saturated rings. The number of carbonyl (C=O) groups is 1. The summed E-state index contributed by atoms with van der Waals surface area (Å²) in [7, 11) is -2.35. The van der Waals surface area contributed by atoms with Crippen LogP contribution in [0.25, 0.3) is 0 Å². The van der Waals surface area contributed by atoms with E-state index in [0.29, 0.717) is 23.5 Å². The Morgan fingerprint density at radius 2 is 1.63 bits per heavy atom. The molecule has 0 spiro atoms. The van der Waals surface area contributed by atoms with Crippen molar-refractivity contribution in [2.45, 2.75) is 37.2 Å². The lowest BCUT2D eigenvalue weighted by molar-refractivity contribution is 0.0826. The van der Waals surface area contributed by atoms with Crippen LogP contribution in [0.2, 0.25) is 0 Å². The number of amides is 1. The predicted octanol–water partition coefficient (Wildman–Crippen LogP) is 4.06. The fraction of sp³-hybridized carbons (Fsp3) is 0.296. The summed E-state index contributed by atoms with van der Waals surface area (Å²) in [5.74, 6) is 0.184. The standard InChI is InChI=1S/C27H31N3O4S/c1-27(2,30-17-16-20-8-4-5-9-22(20)18-30)19-28-26(31)21-12-14-23(15-13-21)35(32,33)29-24-10-6-7-11-25(24)34-3/h4-15,29H,16-19H2,1-3H3,(H,28,31). The summed E-state index contributed by atoms with van der Waals surface area (Å²) < 4.78 is 33.3. The number of carbonyl (C=O) groups excluding carboxylic acids is 1. The molecule has 0 bridgehead atoms. The van der Waals surface area contributed by atoms with E-state index in [1.54, 1.807) is 24.3 Å². The second-order valence-corrected chi connectivity index (χ2v) is 10.9. The SMILES string of the molecule is COc1ccccc1NS(=O)(=O)c1ccc(C(=O)NCC(C)(C)N2CCc3ccccc3C2)cc1. The lowest BCUT2D eigenvalue weighted by Crippen LogP contribution is -2.53. The lowest BCUT2D eigenvalue weighted by Gasteiger charge is -2.41. The monoisotopic (exact) mass is 493 g/mol. The maximum atomic E-state index is 12.8. The number of para-hydroxylation sites is 2. The molecule has 2 N–H and O–H groups in total. The van der Waals surface area contributed by atoms with Gasteiger partial charge in [0.2, 0.25) is 0 Å². The van der Waals surface area contributed by atoms with Crippen LogP contribution in [-0.2, 0) is 23.0 Å². The van der Waals surface area contributed by atoms with Crippen LogP contribution in [-0.4, -0.2) is 45.0 Å². The first-order valence-electron chi connectivity index (χ1n) is 11.6. The molecule has 8 heteroatoms. The van der Waals surface area contributed by atoms with Gasteiger partial charge in [-0.15, -0.1) is 0 Å². The largest absolute Gasteiger partial charge is 0.495 e. The van der Waals surface area contributed by atoms with E-state index in [1.165, 1.54) is 42.5 Å². The quantitative estimate of drug-likeness (QED) is 0.494. The molecule has 35 heavy (non-hydrogen) atoms. The number of fused-ring (bicyclic) bond motifs is 1. The molecular formula is C27H31N3O4S. The second kappa shape index (κ2) is 10.1. The van der Waals surface area contributed by atoms with Crippen molar-refractivity contribution in [1.82, 2.24) is 10.2 Å². The van der Waals surface area contributed by atoms with Crippen molar-refractivity contribution in [2.24, 2.45) is 0 Å². The highest BCUT2D eigenvalue weighted by Gasteiger charge is 2.30. The molecule has 3 aromatic rings. The molecule has 0 unspecified atom stereocenters. The molecule has 1 aliphatic rings. The fourth-order valence-electron chi connectivity index (χ4n) is 4.24. The normalized spacial score (nSPS) is 14.1. The van der Waals surface area contributed by atoms with E-state index in [4.69, 9.17) is 4.74 Å². The highest BCUT2D eigenvalue weighted by atomic mass is 32.2. The van der Waals surface area contributed by atoms with E-state index in [9.17, 15) is 13.2 Å². The highest BCUT2D eigenvalue weighted by Crippen LogP contribution is 2.27. The molecule has 7 nitrogen and oxygen atoms in total. The van der Waals surface area contributed by atoms with Gasteiger partial charge in [-0.25, -0.2) is 8.42 Å². The van der Waals surface area contributed by atoms with Gasteiger partial charge >= 0.3 is 0 Å². The predicted molar refractivity (Wildman–Crippen MR) is 137 cm³/mol.